The number of halogens is 2. The second-order valence-corrected chi connectivity index (χ2v) is 9.90. The van der Waals surface area contributed by atoms with Crippen LogP contribution in [0.2, 0.25) is 0 Å². The van der Waals surface area contributed by atoms with Crippen molar-refractivity contribution < 1.29 is 18.3 Å². The minimum atomic E-state index is -1.02. The number of amides is 1. The molecule has 2 aliphatic rings. The van der Waals surface area contributed by atoms with E-state index in [1.807, 2.05) is 13.0 Å². The van der Waals surface area contributed by atoms with Gasteiger partial charge in [0, 0.05) is 59.1 Å². The number of aryl methyl sites for hydroxylation is 1. The minimum absolute atomic E-state index is 0.199. The predicted octanol–water partition coefficient (Wildman–Crippen LogP) is 4.40. The normalized spacial score (nSPS) is 18.1. The van der Waals surface area contributed by atoms with Gasteiger partial charge in [0.15, 0.2) is 0 Å². The zero-order chi connectivity index (χ0) is 26.2. The smallest absolute Gasteiger partial charge is 0.270 e. The molecule has 2 N–H and O–H groups in total. The van der Waals surface area contributed by atoms with E-state index in [2.05, 4.69) is 32.1 Å². The quantitative estimate of drug-likeness (QED) is 0.395. The molecule has 1 amide bonds. The number of hydrogen-bond acceptors (Lipinski definition) is 4. The summed E-state index contributed by atoms with van der Waals surface area (Å²) in [6, 6.07) is 9.20. The van der Waals surface area contributed by atoms with Gasteiger partial charge in [-0.2, -0.15) is 0 Å². The SMILES string of the molecule is Cc1cc(C#CC2CCOCC2)cc(C(=O)NC(c2cc3c(F)cccc3[nH]2)c2ncn3c2C[C@@H](F)C3)n1. The Morgan fingerprint density at radius 1 is 1.26 bits per heavy atom. The maximum absolute atomic E-state index is 14.5. The van der Waals surface area contributed by atoms with E-state index in [1.165, 1.54) is 6.07 Å². The molecule has 6 rings (SSSR count). The number of rotatable bonds is 4. The minimum Gasteiger partial charge on any atom is -0.381 e. The lowest BCUT2D eigenvalue weighted by Crippen LogP contribution is -2.31. The zero-order valence-electron chi connectivity index (χ0n) is 20.9. The fourth-order valence-electron chi connectivity index (χ4n) is 5.21. The number of hydrogen-bond donors (Lipinski definition) is 2. The second kappa shape index (κ2) is 10.0. The molecule has 1 saturated heterocycles. The molecule has 3 aromatic heterocycles. The van der Waals surface area contributed by atoms with E-state index < -0.39 is 18.1 Å². The van der Waals surface area contributed by atoms with Crippen LogP contribution in [0.3, 0.4) is 0 Å². The van der Waals surface area contributed by atoms with E-state index in [9.17, 15) is 13.6 Å². The van der Waals surface area contributed by atoms with Crippen LogP contribution in [0.4, 0.5) is 8.78 Å². The van der Waals surface area contributed by atoms with Crippen molar-refractivity contribution in [3.63, 3.8) is 0 Å². The van der Waals surface area contributed by atoms with E-state index in [1.54, 1.807) is 35.2 Å². The number of imidazole rings is 1. The number of carbonyl (C=O) groups is 1. The lowest BCUT2D eigenvalue weighted by molar-refractivity contribution is 0.0807. The molecule has 0 spiro atoms. The van der Waals surface area contributed by atoms with Gasteiger partial charge in [-0.3, -0.25) is 4.79 Å². The van der Waals surface area contributed by atoms with E-state index in [4.69, 9.17) is 4.74 Å². The maximum atomic E-state index is 14.5. The molecule has 0 bridgehead atoms. The lowest BCUT2D eigenvalue weighted by atomic mass is 10.0. The average Bonchev–Trinajstić information content (AvgIpc) is 3.61. The molecule has 38 heavy (non-hydrogen) atoms. The lowest BCUT2D eigenvalue weighted by Gasteiger charge is -2.18. The number of pyridine rings is 1. The van der Waals surface area contributed by atoms with Gasteiger partial charge in [-0.15, -0.1) is 0 Å². The van der Waals surface area contributed by atoms with Crippen LogP contribution in [0.5, 0.6) is 0 Å². The van der Waals surface area contributed by atoms with Gasteiger partial charge in [0.25, 0.3) is 5.91 Å². The summed E-state index contributed by atoms with van der Waals surface area (Å²) in [6.45, 7) is 3.46. The third kappa shape index (κ3) is 4.79. The Kier molecular flexibility index (Phi) is 6.42. The number of nitrogens with one attached hydrogen (secondary N) is 2. The summed E-state index contributed by atoms with van der Waals surface area (Å²) in [6.07, 6.45) is 2.56. The van der Waals surface area contributed by atoms with Gasteiger partial charge in [0.1, 0.15) is 23.7 Å². The number of H-pyrrole nitrogens is 1. The van der Waals surface area contributed by atoms with Gasteiger partial charge in [-0.25, -0.2) is 18.7 Å². The Morgan fingerprint density at radius 3 is 2.92 bits per heavy atom. The number of aromatic amines is 1. The van der Waals surface area contributed by atoms with Gasteiger partial charge in [-0.05, 0) is 50.1 Å². The first-order chi connectivity index (χ1) is 18.4. The molecule has 1 fully saturated rings. The highest BCUT2D eigenvalue weighted by molar-refractivity contribution is 5.93. The van der Waals surface area contributed by atoms with Gasteiger partial charge < -0.3 is 19.6 Å². The first kappa shape index (κ1) is 24.3. The second-order valence-electron chi connectivity index (χ2n) is 9.90. The van der Waals surface area contributed by atoms with Gasteiger partial charge >= 0.3 is 0 Å². The van der Waals surface area contributed by atoms with Crippen LogP contribution in [0.25, 0.3) is 10.9 Å². The van der Waals surface area contributed by atoms with Crippen LogP contribution >= 0.6 is 0 Å². The van der Waals surface area contributed by atoms with Crippen LogP contribution < -0.4 is 5.32 Å². The molecule has 5 heterocycles. The molecular weight excluding hydrogens is 488 g/mol. The molecule has 4 aromatic rings. The van der Waals surface area contributed by atoms with Gasteiger partial charge in [-0.1, -0.05) is 17.9 Å². The zero-order valence-corrected chi connectivity index (χ0v) is 20.9. The number of benzene rings is 1. The Bertz CT molecular complexity index is 1570. The van der Waals surface area contributed by atoms with E-state index >= 15 is 0 Å². The van der Waals surface area contributed by atoms with Crippen molar-refractivity contribution in [2.45, 2.75) is 44.9 Å². The third-order valence-electron chi connectivity index (χ3n) is 7.11. The van der Waals surface area contributed by atoms with Crippen LogP contribution in [0.1, 0.15) is 57.7 Å². The Balaban J connectivity index is 1.34. The summed E-state index contributed by atoms with van der Waals surface area (Å²) in [7, 11) is 0. The molecule has 0 saturated carbocycles. The number of ether oxygens (including phenoxy) is 1. The maximum Gasteiger partial charge on any atom is 0.270 e. The van der Waals surface area contributed by atoms with Crippen molar-refractivity contribution in [2.24, 2.45) is 5.92 Å². The van der Waals surface area contributed by atoms with Gasteiger partial charge in [0.05, 0.1) is 18.6 Å². The van der Waals surface area contributed by atoms with Crippen LogP contribution in [0, 0.1) is 30.5 Å². The highest BCUT2D eigenvalue weighted by Gasteiger charge is 2.31. The van der Waals surface area contributed by atoms with Crippen molar-refractivity contribution in [3.8, 4) is 11.8 Å². The fourth-order valence-corrected chi connectivity index (χ4v) is 5.21. The molecule has 194 valence electrons. The third-order valence-corrected chi connectivity index (χ3v) is 7.11. The standard InChI is InChI=1S/C29H27F2N5O2/c1-17-11-19(6-5-18-7-9-38-10-8-18)12-25(33-17)29(37)35-27(28-26-13-20(30)15-36(26)16-32-28)24-14-21-22(31)3-2-4-23(21)34-24/h2-4,11-12,14,16,18,20,27,34H,7-10,13,15H2,1H3,(H,35,37)/t20-,27?/m1/s1. The molecule has 9 heteroatoms. The van der Waals surface area contributed by atoms with Crippen molar-refractivity contribution >= 4 is 16.8 Å². The molecule has 1 unspecified atom stereocenters. The Hall–Kier alpha value is -4.03. The molecule has 2 aliphatic heterocycles. The molecule has 0 aliphatic carbocycles. The topological polar surface area (TPSA) is 84.8 Å². The average molecular weight is 516 g/mol. The highest BCUT2D eigenvalue weighted by Crippen LogP contribution is 2.31. The molecule has 2 atom stereocenters. The number of fused-ring (bicyclic) bond motifs is 2. The van der Waals surface area contributed by atoms with Gasteiger partial charge in [0.2, 0.25) is 0 Å². The number of aromatic nitrogens is 4. The number of carbonyl (C=O) groups excluding carboxylic acids is 1. The van der Waals surface area contributed by atoms with Crippen molar-refractivity contribution in [1.82, 2.24) is 24.8 Å². The summed E-state index contributed by atoms with van der Waals surface area (Å²) in [5, 5.41) is 3.42. The number of nitrogens with zero attached hydrogens (tertiary/aromatic N) is 3. The Labute approximate surface area is 218 Å². The molecular formula is C29H27F2N5O2. The van der Waals surface area contributed by atoms with E-state index in [0.29, 0.717) is 52.5 Å². The largest absolute Gasteiger partial charge is 0.381 e. The summed E-state index contributed by atoms with van der Waals surface area (Å²) < 4.78 is 35.9. The van der Waals surface area contributed by atoms with Crippen molar-refractivity contribution in [3.05, 3.63) is 82.6 Å². The Morgan fingerprint density at radius 2 is 2.11 bits per heavy atom. The van der Waals surface area contributed by atoms with Crippen molar-refractivity contribution in [1.29, 1.82) is 0 Å². The fraction of sp³-hybridized carbons (Fsp3) is 0.345. The molecule has 7 nitrogen and oxygen atoms in total. The van der Waals surface area contributed by atoms with E-state index in [-0.39, 0.29) is 30.4 Å². The van der Waals surface area contributed by atoms with Crippen LogP contribution in [-0.2, 0) is 17.7 Å². The molecule has 0 radical (unpaired) electrons. The monoisotopic (exact) mass is 515 g/mol. The first-order valence-electron chi connectivity index (χ1n) is 12.8. The summed E-state index contributed by atoms with van der Waals surface area (Å²) in [4.78, 5) is 25.7. The summed E-state index contributed by atoms with van der Waals surface area (Å²) in [5.74, 6) is 5.96. The van der Waals surface area contributed by atoms with E-state index in [0.717, 1.165) is 12.8 Å². The predicted molar refractivity (Wildman–Crippen MR) is 138 cm³/mol. The van der Waals surface area contributed by atoms with Crippen LogP contribution in [0.15, 0.2) is 42.7 Å². The highest BCUT2D eigenvalue weighted by atomic mass is 19.1. The summed E-state index contributed by atoms with van der Waals surface area (Å²) in [5.41, 5.74) is 3.97. The first-order valence-corrected chi connectivity index (χ1v) is 12.8. The summed E-state index contributed by atoms with van der Waals surface area (Å²) >= 11 is 0. The van der Waals surface area contributed by atoms with Crippen molar-refractivity contribution in [2.75, 3.05) is 13.2 Å². The van der Waals surface area contributed by atoms with Crippen LogP contribution in [-0.4, -0.2) is 44.8 Å². The number of alkyl halides is 1. The molecule has 1 aromatic carbocycles.